The third kappa shape index (κ3) is 1.96. The second-order valence-electron chi connectivity index (χ2n) is 11.0. The molecule has 166 valence electrons. The zero-order valence-electron chi connectivity index (χ0n) is 18.2. The monoisotopic (exact) mass is 436 g/mol. The summed E-state index contributed by atoms with van der Waals surface area (Å²) in [6, 6.07) is 0. The van der Waals surface area contributed by atoms with Crippen LogP contribution in [-0.4, -0.2) is 47.7 Å². The minimum Gasteiger partial charge on any atom is -0.391 e. The van der Waals surface area contributed by atoms with Crippen LogP contribution in [0.4, 0.5) is 0 Å². The fourth-order valence-corrected chi connectivity index (χ4v) is 9.45. The molecule has 0 amide bonds. The lowest BCUT2D eigenvalue weighted by molar-refractivity contribution is -0.264. The molecule has 2 spiro atoms. The van der Waals surface area contributed by atoms with Crippen LogP contribution >= 0.6 is 11.6 Å². The second-order valence-corrected chi connectivity index (χ2v) is 11.6. The molecule has 6 rings (SSSR count). The lowest BCUT2D eigenvalue weighted by atomic mass is 9.45. The van der Waals surface area contributed by atoms with Crippen molar-refractivity contribution in [2.75, 3.05) is 20.2 Å². The Morgan fingerprint density at radius 3 is 2.70 bits per heavy atom. The summed E-state index contributed by atoms with van der Waals surface area (Å²) in [6.07, 6.45) is 10.5. The number of rotatable bonds is 0. The van der Waals surface area contributed by atoms with Crippen molar-refractivity contribution in [3.05, 3.63) is 23.8 Å². The molecule has 2 saturated heterocycles. The van der Waals surface area contributed by atoms with Crippen LogP contribution in [0.1, 0.15) is 52.9 Å². The highest BCUT2D eigenvalue weighted by Gasteiger charge is 2.81. The van der Waals surface area contributed by atoms with Gasteiger partial charge in [-0.1, -0.05) is 44.6 Å². The van der Waals surface area contributed by atoms with Gasteiger partial charge in [0.25, 0.3) is 0 Å². The zero-order chi connectivity index (χ0) is 21.0. The highest BCUT2D eigenvalue weighted by atomic mass is 35.5. The maximum Gasteiger partial charge on any atom is 0.227 e. The Morgan fingerprint density at radius 1 is 1.13 bits per heavy atom. The molecule has 2 aliphatic heterocycles. The van der Waals surface area contributed by atoms with Gasteiger partial charge in [-0.2, -0.15) is 0 Å². The van der Waals surface area contributed by atoms with Crippen LogP contribution in [0.5, 0.6) is 0 Å². The number of fused-ring (bicyclic) bond motifs is 7. The summed E-state index contributed by atoms with van der Waals surface area (Å²) >= 11 is 7.61. The smallest absolute Gasteiger partial charge is 0.227 e. The highest BCUT2D eigenvalue weighted by Crippen LogP contribution is 2.75. The predicted octanol–water partition coefficient (Wildman–Crippen LogP) is 4.14. The number of ether oxygens (including phenoxy) is 4. The zero-order valence-corrected chi connectivity index (χ0v) is 18.9. The summed E-state index contributed by atoms with van der Waals surface area (Å²) in [4.78, 5) is -0.670. The quantitative estimate of drug-likeness (QED) is 0.578. The lowest BCUT2D eigenvalue weighted by Crippen LogP contribution is -2.71. The number of aliphatic hydroxyl groups is 1. The van der Waals surface area contributed by atoms with Crippen molar-refractivity contribution in [1.82, 2.24) is 0 Å². The minimum atomic E-state index is -0.890. The summed E-state index contributed by atoms with van der Waals surface area (Å²) in [7, 11) is 0. The molecule has 0 aromatic rings. The van der Waals surface area contributed by atoms with Gasteiger partial charge in [-0.05, 0) is 49.9 Å². The maximum atomic E-state index is 11.8. The Labute approximate surface area is 183 Å². The van der Waals surface area contributed by atoms with Crippen LogP contribution in [0.2, 0.25) is 0 Å². The highest BCUT2D eigenvalue weighted by molar-refractivity contribution is 6.25. The van der Waals surface area contributed by atoms with Crippen molar-refractivity contribution in [3.63, 3.8) is 0 Å². The average Bonchev–Trinajstić information content (AvgIpc) is 3.39. The van der Waals surface area contributed by atoms with Crippen LogP contribution in [0.25, 0.3) is 0 Å². The van der Waals surface area contributed by atoms with E-state index in [9.17, 15) is 5.11 Å². The molecule has 30 heavy (non-hydrogen) atoms. The normalized spacial score (nSPS) is 59.3. The Morgan fingerprint density at radius 2 is 1.93 bits per heavy atom. The van der Waals surface area contributed by atoms with Gasteiger partial charge in [0.2, 0.25) is 5.79 Å². The molecule has 1 unspecified atom stereocenters. The van der Waals surface area contributed by atoms with Gasteiger partial charge in [-0.3, -0.25) is 0 Å². The Hall–Kier alpha value is -0.430. The maximum absolute atomic E-state index is 11.8. The molecule has 0 bridgehead atoms. The van der Waals surface area contributed by atoms with Gasteiger partial charge in [0.15, 0.2) is 13.6 Å². The van der Waals surface area contributed by atoms with Gasteiger partial charge < -0.3 is 24.1 Å². The lowest BCUT2D eigenvalue weighted by Gasteiger charge is -2.65. The van der Waals surface area contributed by atoms with Gasteiger partial charge in [0.05, 0.1) is 11.0 Å². The second kappa shape index (κ2) is 6.12. The molecule has 5 fully saturated rings. The van der Waals surface area contributed by atoms with E-state index in [2.05, 4.69) is 39.0 Å². The molecular formula is C24H33ClO5. The van der Waals surface area contributed by atoms with E-state index in [1.54, 1.807) is 0 Å². The number of allylic oxidation sites excluding steroid dienone is 4. The molecule has 5 nitrogen and oxygen atoms in total. The van der Waals surface area contributed by atoms with Crippen LogP contribution in [0, 0.1) is 28.6 Å². The van der Waals surface area contributed by atoms with Crippen molar-refractivity contribution in [2.45, 2.75) is 75.2 Å². The van der Waals surface area contributed by atoms with Crippen LogP contribution in [-0.2, 0) is 18.9 Å². The largest absolute Gasteiger partial charge is 0.391 e. The van der Waals surface area contributed by atoms with Gasteiger partial charge in [0.1, 0.15) is 12.2 Å². The molecular weight excluding hydrogens is 404 g/mol. The fraction of sp³-hybridized carbons (Fsp3) is 0.833. The van der Waals surface area contributed by atoms with Crippen LogP contribution in [0.3, 0.4) is 0 Å². The number of hydrogen-bond donors (Lipinski definition) is 1. The summed E-state index contributed by atoms with van der Waals surface area (Å²) in [6.45, 7) is 7.62. The Balaban J connectivity index is 1.48. The van der Waals surface area contributed by atoms with Crippen molar-refractivity contribution in [3.8, 4) is 0 Å². The number of alkyl halides is 1. The minimum absolute atomic E-state index is 0.207. The summed E-state index contributed by atoms with van der Waals surface area (Å²) in [5, 5.41) is 11.8. The van der Waals surface area contributed by atoms with E-state index in [1.807, 2.05) is 0 Å². The van der Waals surface area contributed by atoms with Gasteiger partial charge in [-0.25, -0.2) is 0 Å². The summed E-state index contributed by atoms with van der Waals surface area (Å²) in [5.41, 5.74) is 0.235. The van der Waals surface area contributed by atoms with E-state index in [-0.39, 0.29) is 36.3 Å². The first-order valence-electron chi connectivity index (χ1n) is 11.5. The van der Waals surface area contributed by atoms with Crippen LogP contribution < -0.4 is 0 Å². The number of hydrogen-bond acceptors (Lipinski definition) is 5. The van der Waals surface area contributed by atoms with E-state index in [0.717, 1.165) is 25.7 Å². The van der Waals surface area contributed by atoms with Gasteiger partial charge in [0, 0.05) is 10.8 Å². The predicted molar refractivity (Wildman–Crippen MR) is 112 cm³/mol. The number of aliphatic hydroxyl groups excluding tert-OH is 1. The molecule has 1 N–H and O–H groups in total. The van der Waals surface area contributed by atoms with Crippen molar-refractivity contribution in [2.24, 2.45) is 28.6 Å². The van der Waals surface area contributed by atoms with Gasteiger partial charge >= 0.3 is 0 Å². The molecule has 0 radical (unpaired) electrons. The van der Waals surface area contributed by atoms with E-state index in [4.69, 9.17) is 30.5 Å². The van der Waals surface area contributed by atoms with Crippen molar-refractivity contribution >= 4 is 11.6 Å². The number of halogens is 1. The standard InChI is InChI=1S/C24H33ClO5/c1-15-10-18-17-8-7-16-6-4-5-9-20(16,2)23(17,25)19(26)11-21(18,3)24(15)22(29-14-30-24)12-27-13-28-22/h4-6,15,17-19,26H,7-14H2,1-3H3/t15-,17-,18-,19-,20-,21-,22?,23-,24+/m0/s1. The van der Waals surface area contributed by atoms with Crippen molar-refractivity contribution < 1.29 is 24.1 Å². The average molecular weight is 437 g/mol. The van der Waals surface area contributed by atoms with Crippen LogP contribution in [0.15, 0.2) is 23.8 Å². The first-order chi connectivity index (χ1) is 14.3. The topological polar surface area (TPSA) is 57.2 Å². The summed E-state index contributed by atoms with van der Waals surface area (Å²) in [5.74, 6) is -0.120. The molecule has 0 aromatic carbocycles. The molecule has 3 saturated carbocycles. The molecule has 2 heterocycles. The Bertz CT molecular complexity index is 815. The van der Waals surface area contributed by atoms with E-state index >= 15 is 0 Å². The van der Waals surface area contributed by atoms with Crippen molar-refractivity contribution in [1.29, 1.82) is 0 Å². The summed E-state index contributed by atoms with van der Waals surface area (Å²) < 4.78 is 24.4. The Kier molecular flexibility index (Phi) is 4.12. The van der Waals surface area contributed by atoms with Gasteiger partial charge in [-0.15, -0.1) is 11.6 Å². The third-order valence-corrected chi connectivity index (χ3v) is 11.1. The molecule has 6 heteroatoms. The SMILES string of the molecule is C[C@H]1C[C@H]2[C@@H]3CCC4=CC=CC[C@]4(C)[C@@]3(Cl)[C@@H](O)C[C@]2(C)[C@]12OCOC21COCO1. The van der Waals surface area contributed by atoms with E-state index in [0.29, 0.717) is 18.9 Å². The molecule has 0 aromatic heterocycles. The molecule has 4 aliphatic carbocycles. The first kappa shape index (κ1) is 20.2. The fourth-order valence-electron chi connectivity index (χ4n) is 8.92. The molecule has 9 atom stereocenters. The first-order valence-corrected chi connectivity index (χ1v) is 11.9. The molecule has 6 aliphatic rings. The van der Waals surface area contributed by atoms with E-state index < -0.39 is 22.4 Å². The third-order valence-electron chi connectivity index (χ3n) is 10.1. The van der Waals surface area contributed by atoms with E-state index in [1.165, 1.54) is 5.57 Å².